The van der Waals surface area contributed by atoms with Crippen LogP contribution in [-0.2, 0) is 11.3 Å². The van der Waals surface area contributed by atoms with E-state index in [4.69, 9.17) is 0 Å². The van der Waals surface area contributed by atoms with E-state index in [2.05, 4.69) is 29.8 Å². The van der Waals surface area contributed by atoms with Crippen LogP contribution in [0.25, 0.3) is 17.0 Å². The third kappa shape index (κ3) is 3.53. The van der Waals surface area contributed by atoms with Crippen LogP contribution in [0.2, 0.25) is 0 Å². The molecule has 1 N–H and O–H groups in total. The molecule has 1 aliphatic rings. The second-order valence-corrected chi connectivity index (χ2v) is 7.27. The van der Waals surface area contributed by atoms with Crippen LogP contribution in [0.3, 0.4) is 0 Å². The highest BCUT2D eigenvalue weighted by Crippen LogP contribution is 2.28. The Kier molecular flexibility index (Phi) is 4.92. The molecule has 1 saturated heterocycles. The van der Waals surface area contributed by atoms with E-state index >= 15 is 0 Å². The van der Waals surface area contributed by atoms with Crippen molar-refractivity contribution in [2.45, 2.75) is 32.9 Å². The number of urea groups is 1. The van der Waals surface area contributed by atoms with Gasteiger partial charge in [-0.05, 0) is 43.2 Å². The van der Waals surface area contributed by atoms with E-state index in [0.29, 0.717) is 11.6 Å². The minimum Gasteiger partial charge on any atom is -0.344 e. The third-order valence-corrected chi connectivity index (χ3v) is 5.35. The summed E-state index contributed by atoms with van der Waals surface area (Å²) in [5, 5.41) is 3.69. The summed E-state index contributed by atoms with van der Waals surface area (Å²) < 4.78 is 15.3. The van der Waals surface area contributed by atoms with E-state index in [-0.39, 0.29) is 24.0 Å². The molecule has 0 spiro atoms. The molecule has 5 nitrogen and oxygen atoms in total. The van der Waals surface area contributed by atoms with Crippen molar-refractivity contribution < 1.29 is 14.0 Å². The standard InChI is InChI=1S/C23H22FN3O2/c1-3-15(2)26-14-17(19-6-4-5-7-21(19)26)12-20-22(28)27(23(29)25-20)13-16-8-10-18(24)11-9-16/h4-12,14-15H,3,13H2,1-2H3,(H,25,29)/b20-12+. The molecule has 3 amide bonds. The fourth-order valence-electron chi connectivity index (χ4n) is 3.55. The van der Waals surface area contributed by atoms with E-state index in [9.17, 15) is 14.0 Å². The van der Waals surface area contributed by atoms with Gasteiger partial charge in [0, 0.05) is 28.7 Å². The highest BCUT2D eigenvalue weighted by atomic mass is 19.1. The molecule has 1 atom stereocenters. The first-order valence-electron chi connectivity index (χ1n) is 9.66. The smallest absolute Gasteiger partial charge is 0.329 e. The molecule has 148 valence electrons. The Bertz CT molecular complexity index is 1110. The number of amides is 3. The van der Waals surface area contributed by atoms with Crippen LogP contribution in [0.4, 0.5) is 9.18 Å². The zero-order chi connectivity index (χ0) is 20.5. The van der Waals surface area contributed by atoms with Crippen molar-refractivity contribution in [2.75, 3.05) is 0 Å². The van der Waals surface area contributed by atoms with E-state index in [1.54, 1.807) is 18.2 Å². The molecule has 3 aromatic rings. The Morgan fingerprint density at radius 1 is 1.10 bits per heavy atom. The Balaban J connectivity index is 1.66. The van der Waals surface area contributed by atoms with Gasteiger partial charge in [-0.3, -0.25) is 9.69 Å². The normalized spacial score (nSPS) is 16.7. The number of hydrogen-bond donors (Lipinski definition) is 1. The lowest BCUT2D eigenvalue weighted by Crippen LogP contribution is -2.30. The number of nitrogens with zero attached hydrogens (tertiary/aromatic N) is 2. The summed E-state index contributed by atoms with van der Waals surface area (Å²) in [5.41, 5.74) is 2.90. The lowest BCUT2D eigenvalue weighted by molar-refractivity contribution is -0.123. The van der Waals surface area contributed by atoms with E-state index < -0.39 is 6.03 Å². The van der Waals surface area contributed by atoms with Crippen LogP contribution >= 0.6 is 0 Å². The molecule has 2 heterocycles. The minimum absolute atomic E-state index is 0.0942. The molecule has 1 aliphatic heterocycles. The van der Waals surface area contributed by atoms with Crippen molar-refractivity contribution in [3.8, 4) is 0 Å². The predicted octanol–water partition coefficient (Wildman–Crippen LogP) is 4.84. The van der Waals surface area contributed by atoms with Gasteiger partial charge in [-0.25, -0.2) is 9.18 Å². The maximum atomic E-state index is 13.1. The van der Waals surface area contributed by atoms with Crippen LogP contribution in [-0.4, -0.2) is 21.4 Å². The van der Waals surface area contributed by atoms with Crippen LogP contribution in [0, 0.1) is 5.82 Å². The van der Waals surface area contributed by atoms with Crippen LogP contribution < -0.4 is 5.32 Å². The van der Waals surface area contributed by atoms with Crippen LogP contribution in [0.15, 0.2) is 60.4 Å². The molecule has 4 rings (SSSR count). The predicted molar refractivity (Wildman–Crippen MR) is 110 cm³/mol. The monoisotopic (exact) mass is 391 g/mol. The Labute approximate surface area is 168 Å². The number of benzene rings is 2. The van der Waals surface area contributed by atoms with Gasteiger partial charge in [-0.1, -0.05) is 37.3 Å². The largest absolute Gasteiger partial charge is 0.344 e. The molecule has 1 unspecified atom stereocenters. The maximum Gasteiger partial charge on any atom is 0.329 e. The summed E-state index contributed by atoms with van der Waals surface area (Å²) in [6.45, 7) is 4.37. The molecular formula is C23H22FN3O2. The first kappa shape index (κ1) is 18.9. The van der Waals surface area contributed by atoms with Gasteiger partial charge in [0.25, 0.3) is 5.91 Å². The summed E-state index contributed by atoms with van der Waals surface area (Å²) in [6, 6.07) is 13.6. The number of halogens is 1. The number of carbonyl (C=O) groups excluding carboxylic acids is 2. The zero-order valence-corrected chi connectivity index (χ0v) is 16.4. The fraction of sp³-hybridized carbons (Fsp3) is 0.217. The molecule has 0 radical (unpaired) electrons. The van der Waals surface area contributed by atoms with Crippen molar-refractivity contribution in [1.82, 2.24) is 14.8 Å². The topological polar surface area (TPSA) is 54.3 Å². The van der Waals surface area contributed by atoms with Gasteiger partial charge in [0.2, 0.25) is 0 Å². The Morgan fingerprint density at radius 3 is 2.55 bits per heavy atom. The van der Waals surface area contributed by atoms with Gasteiger partial charge in [-0.2, -0.15) is 0 Å². The quantitative estimate of drug-likeness (QED) is 0.500. The summed E-state index contributed by atoms with van der Waals surface area (Å²) in [7, 11) is 0. The molecule has 6 heteroatoms. The van der Waals surface area contributed by atoms with Crippen LogP contribution in [0.5, 0.6) is 0 Å². The highest BCUT2D eigenvalue weighted by Gasteiger charge is 2.33. The van der Waals surface area contributed by atoms with Crippen molar-refractivity contribution in [2.24, 2.45) is 0 Å². The first-order valence-corrected chi connectivity index (χ1v) is 9.66. The number of aromatic nitrogens is 1. The van der Waals surface area contributed by atoms with E-state index in [1.807, 2.05) is 24.4 Å². The molecule has 2 aromatic carbocycles. The van der Waals surface area contributed by atoms with Crippen LogP contribution in [0.1, 0.15) is 37.4 Å². The van der Waals surface area contributed by atoms with Crippen molar-refractivity contribution in [3.63, 3.8) is 0 Å². The number of hydrogen-bond acceptors (Lipinski definition) is 2. The second-order valence-electron chi connectivity index (χ2n) is 7.27. The summed E-state index contributed by atoms with van der Waals surface area (Å²) in [4.78, 5) is 26.3. The number of para-hydroxylation sites is 1. The summed E-state index contributed by atoms with van der Waals surface area (Å²) in [6.07, 6.45) is 4.73. The van der Waals surface area contributed by atoms with E-state index in [1.165, 1.54) is 12.1 Å². The summed E-state index contributed by atoms with van der Waals surface area (Å²) in [5.74, 6) is -0.746. The van der Waals surface area contributed by atoms with Gasteiger partial charge in [-0.15, -0.1) is 0 Å². The molecule has 0 saturated carbocycles. The van der Waals surface area contributed by atoms with Crippen molar-refractivity contribution in [1.29, 1.82) is 0 Å². The molecule has 29 heavy (non-hydrogen) atoms. The van der Waals surface area contributed by atoms with Gasteiger partial charge in [0.1, 0.15) is 11.5 Å². The number of rotatable bonds is 5. The zero-order valence-electron chi connectivity index (χ0n) is 16.4. The van der Waals surface area contributed by atoms with Gasteiger partial charge >= 0.3 is 6.03 Å². The average molecular weight is 391 g/mol. The SMILES string of the molecule is CCC(C)n1cc(/C=C2/NC(=O)N(Cc3ccc(F)cc3)C2=O)c2ccccc21. The van der Waals surface area contributed by atoms with Gasteiger partial charge in [0.05, 0.1) is 6.54 Å². The van der Waals surface area contributed by atoms with Crippen molar-refractivity contribution >= 4 is 28.9 Å². The molecule has 0 aliphatic carbocycles. The Morgan fingerprint density at radius 2 is 1.83 bits per heavy atom. The van der Waals surface area contributed by atoms with Gasteiger partial charge in [0.15, 0.2) is 0 Å². The lowest BCUT2D eigenvalue weighted by Gasteiger charge is -2.12. The van der Waals surface area contributed by atoms with Gasteiger partial charge < -0.3 is 9.88 Å². The number of carbonyl (C=O) groups is 2. The maximum absolute atomic E-state index is 13.1. The average Bonchev–Trinajstić information content (AvgIpc) is 3.22. The fourth-order valence-corrected chi connectivity index (χ4v) is 3.55. The third-order valence-electron chi connectivity index (χ3n) is 5.35. The molecule has 1 fully saturated rings. The van der Waals surface area contributed by atoms with Crippen molar-refractivity contribution in [3.05, 3.63) is 77.4 Å². The number of imide groups is 1. The highest BCUT2D eigenvalue weighted by molar-refractivity contribution is 6.14. The lowest BCUT2D eigenvalue weighted by atomic mass is 10.1. The summed E-state index contributed by atoms with van der Waals surface area (Å²) >= 11 is 0. The number of nitrogens with one attached hydrogen (secondary N) is 1. The van der Waals surface area contributed by atoms with E-state index in [0.717, 1.165) is 27.8 Å². The molecule has 1 aromatic heterocycles. The number of fused-ring (bicyclic) bond motifs is 1. The first-order chi connectivity index (χ1) is 14.0. The Hall–Kier alpha value is -3.41. The molecular weight excluding hydrogens is 369 g/mol. The minimum atomic E-state index is -0.476. The molecule has 0 bridgehead atoms. The second kappa shape index (κ2) is 7.54.